The van der Waals surface area contributed by atoms with Gasteiger partial charge in [-0.15, -0.1) is 10.2 Å². The van der Waals surface area contributed by atoms with E-state index in [1.54, 1.807) is 19.2 Å². The number of hydrogen-bond acceptors (Lipinski definition) is 5. The lowest BCUT2D eigenvalue weighted by Gasteiger charge is -2.12. The van der Waals surface area contributed by atoms with Crippen molar-refractivity contribution in [1.29, 1.82) is 0 Å². The second-order valence-electron chi connectivity index (χ2n) is 6.67. The van der Waals surface area contributed by atoms with Crippen molar-refractivity contribution < 1.29 is 13.9 Å². The van der Waals surface area contributed by atoms with Crippen LogP contribution in [0.3, 0.4) is 0 Å². The number of amides is 1. The van der Waals surface area contributed by atoms with Gasteiger partial charge in [-0.3, -0.25) is 4.79 Å². The maximum Gasteiger partial charge on any atom is 0.264 e. The van der Waals surface area contributed by atoms with E-state index in [1.807, 2.05) is 47.0 Å². The van der Waals surface area contributed by atoms with Gasteiger partial charge in [0.2, 0.25) is 11.8 Å². The summed E-state index contributed by atoms with van der Waals surface area (Å²) < 4.78 is 13.0. The summed E-state index contributed by atoms with van der Waals surface area (Å²) in [6, 6.07) is 17.2. The first-order chi connectivity index (χ1) is 14.2. The first-order valence-electron chi connectivity index (χ1n) is 9.53. The topological polar surface area (TPSA) is 82.2 Å². The molecule has 4 aromatic rings. The zero-order valence-electron chi connectivity index (χ0n) is 16.4. The fourth-order valence-corrected chi connectivity index (χ4v) is 3.31. The monoisotopic (exact) mass is 390 g/mol. The summed E-state index contributed by atoms with van der Waals surface area (Å²) in [7, 11) is 1.58. The molecule has 7 heteroatoms. The first kappa shape index (κ1) is 18.7. The molecule has 1 N–H and O–H groups in total. The van der Waals surface area contributed by atoms with Gasteiger partial charge in [-0.25, -0.2) is 0 Å². The Morgan fingerprint density at radius 3 is 2.76 bits per heavy atom. The van der Waals surface area contributed by atoms with Crippen molar-refractivity contribution in [2.75, 3.05) is 12.4 Å². The smallest absolute Gasteiger partial charge is 0.264 e. The number of methoxy groups -OCH3 is 1. The zero-order chi connectivity index (χ0) is 20.2. The maximum atomic E-state index is 12.8. The number of hydrogen-bond donors (Lipinski definition) is 1. The molecule has 0 saturated heterocycles. The number of nitrogens with one attached hydrogen (secondary N) is 1. The molecule has 148 valence electrons. The quantitative estimate of drug-likeness (QED) is 0.509. The minimum atomic E-state index is -0.176. The van der Waals surface area contributed by atoms with Crippen LogP contribution in [-0.4, -0.2) is 27.8 Å². The molecule has 4 rings (SSSR count). The Morgan fingerprint density at radius 1 is 1.14 bits per heavy atom. The number of para-hydroxylation sites is 3. The predicted octanol–water partition coefficient (Wildman–Crippen LogP) is 4.29. The van der Waals surface area contributed by atoms with E-state index in [0.29, 0.717) is 23.2 Å². The highest BCUT2D eigenvalue weighted by atomic mass is 16.5. The first-order valence-corrected chi connectivity index (χ1v) is 9.53. The van der Waals surface area contributed by atoms with Crippen LogP contribution >= 0.6 is 0 Å². The Hall–Kier alpha value is -3.61. The molecule has 0 bridgehead atoms. The number of ether oxygens (including phenoxy) is 1. The fraction of sp³-hybridized carbons (Fsp3) is 0.227. The van der Waals surface area contributed by atoms with Crippen LogP contribution in [-0.2, 0) is 17.8 Å². The van der Waals surface area contributed by atoms with E-state index in [0.717, 1.165) is 29.4 Å². The predicted molar refractivity (Wildman–Crippen MR) is 111 cm³/mol. The van der Waals surface area contributed by atoms with E-state index in [9.17, 15) is 4.79 Å². The van der Waals surface area contributed by atoms with E-state index in [4.69, 9.17) is 9.15 Å². The van der Waals surface area contributed by atoms with Crippen molar-refractivity contribution >= 4 is 22.5 Å². The number of rotatable bonds is 7. The molecule has 0 aliphatic rings. The molecule has 2 aromatic carbocycles. The van der Waals surface area contributed by atoms with Gasteiger partial charge < -0.3 is 19.0 Å². The second kappa shape index (κ2) is 8.18. The third-order valence-corrected chi connectivity index (χ3v) is 4.64. The third kappa shape index (κ3) is 3.85. The van der Waals surface area contributed by atoms with Gasteiger partial charge in [0.15, 0.2) is 0 Å². The lowest BCUT2D eigenvalue weighted by atomic mass is 10.2. The van der Waals surface area contributed by atoms with E-state index >= 15 is 0 Å². The van der Waals surface area contributed by atoms with E-state index in [-0.39, 0.29) is 12.5 Å². The lowest BCUT2D eigenvalue weighted by Crippen LogP contribution is -2.19. The summed E-state index contributed by atoms with van der Waals surface area (Å²) in [4.78, 5) is 12.8. The molecule has 29 heavy (non-hydrogen) atoms. The summed E-state index contributed by atoms with van der Waals surface area (Å²) >= 11 is 0. The molecule has 0 unspecified atom stereocenters. The van der Waals surface area contributed by atoms with Crippen molar-refractivity contribution in [2.24, 2.45) is 0 Å². The summed E-state index contributed by atoms with van der Waals surface area (Å²) in [5.41, 5.74) is 2.27. The van der Waals surface area contributed by atoms with Crippen LogP contribution in [0, 0.1) is 0 Å². The zero-order valence-corrected chi connectivity index (χ0v) is 16.4. The van der Waals surface area contributed by atoms with Crippen LogP contribution in [0.25, 0.3) is 22.5 Å². The largest absolute Gasteiger partial charge is 0.495 e. The summed E-state index contributed by atoms with van der Waals surface area (Å²) in [6.07, 6.45) is 1.65. The Balaban J connectivity index is 1.67. The Morgan fingerprint density at radius 2 is 1.93 bits per heavy atom. The van der Waals surface area contributed by atoms with Gasteiger partial charge in [-0.2, -0.15) is 0 Å². The number of carbonyl (C=O) groups is 1. The van der Waals surface area contributed by atoms with E-state index in [1.165, 1.54) is 0 Å². The van der Waals surface area contributed by atoms with Gasteiger partial charge in [0, 0.05) is 17.3 Å². The number of aromatic nitrogens is 3. The average Bonchev–Trinajstić information content (AvgIpc) is 3.34. The fourth-order valence-electron chi connectivity index (χ4n) is 3.31. The van der Waals surface area contributed by atoms with Crippen molar-refractivity contribution in [3.8, 4) is 17.3 Å². The van der Waals surface area contributed by atoms with E-state index in [2.05, 4.69) is 22.4 Å². The summed E-state index contributed by atoms with van der Waals surface area (Å²) in [6.45, 7) is 2.16. The molecule has 0 aliphatic carbocycles. The average molecular weight is 390 g/mol. The number of fused-ring (bicyclic) bond motifs is 1. The molecule has 0 aliphatic heterocycles. The Bertz CT molecular complexity index is 1150. The molecule has 0 fully saturated rings. The molecule has 2 aromatic heterocycles. The van der Waals surface area contributed by atoms with Gasteiger partial charge in [0.25, 0.3) is 5.89 Å². The second-order valence-corrected chi connectivity index (χ2v) is 6.67. The minimum absolute atomic E-state index is 0.104. The number of nitrogens with zero attached hydrogens (tertiary/aromatic N) is 3. The molecular weight excluding hydrogens is 368 g/mol. The highest BCUT2D eigenvalue weighted by molar-refractivity contribution is 5.94. The Labute approximate surface area is 168 Å². The van der Waals surface area contributed by atoms with Crippen LogP contribution in [0.2, 0.25) is 0 Å². The standard InChI is InChI=1S/C22H22N4O3/c1-3-8-21-24-25-22(29-21)18-13-15-9-4-6-11-17(15)26(18)14-20(27)23-16-10-5-7-12-19(16)28-2/h4-7,9-13H,3,8,14H2,1-2H3,(H,23,27). The van der Waals surface area contributed by atoms with Crippen molar-refractivity contribution in [2.45, 2.75) is 26.3 Å². The Kier molecular flexibility index (Phi) is 5.29. The normalized spacial score (nSPS) is 11.0. The molecule has 7 nitrogen and oxygen atoms in total. The van der Waals surface area contributed by atoms with Gasteiger partial charge >= 0.3 is 0 Å². The van der Waals surface area contributed by atoms with Crippen LogP contribution in [0.5, 0.6) is 5.75 Å². The molecule has 2 heterocycles. The van der Waals surface area contributed by atoms with Crippen molar-refractivity contribution in [3.63, 3.8) is 0 Å². The summed E-state index contributed by atoms with van der Waals surface area (Å²) in [5, 5.41) is 12.2. The summed E-state index contributed by atoms with van der Waals surface area (Å²) in [5.74, 6) is 1.44. The molecular formula is C22H22N4O3. The van der Waals surface area contributed by atoms with Crippen LogP contribution < -0.4 is 10.1 Å². The molecule has 1 amide bonds. The molecule has 0 atom stereocenters. The highest BCUT2D eigenvalue weighted by Crippen LogP contribution is 2.28. The van der Waals surface area contributed by atoms with Crippen LogP contribution in [0.15, 0.2) is 59.0 Å². The van der Waals surface area contributed by atoms with Gasteiger partial charge in [0.05, 0.1) is 12.8 Å². The molecule has 0 spiro atoms. The van der Waals surface area contributed by atoms with Crippen LogP contribution in [0.1, 0.15) is 19.2 Å². The number of anilines is 1. The van der Waals surface area contributed by atoms with Gasteiger partial charge in [-0.1, -0.05) is 37.3 Å². The molecule has 0 radical (unpaired) electrons. The van der Waals surface area contributed by atoms with E-state index < -0.39 is 0 Å². The maximum absolute atomic E-state index is 12.8. The highest BCUT2D eigenvalue weighted by Gasteiger charge is 2.18. The number of benzene rings is 2. The molecule has 0 saturated carbocycles. The lowest BCUT2D eigenvalue weighted by molar-refractivity contribution is -0.116. The van der Waals surface area contributed by atoms with Crippen molar-refractivity contribution in [3.05, 3.63) is 60.5 Å². The number of carbonyl (C=O) groups excluding carboxylic acids is 1. The van der Waals surface area contributed by atoms with Gasteiger partial charge in [0.1, 0.15) is 18.0 Å². The SMILES string of the molecule is CCCc1nnc(-c2cc3ccccc3n2CC(=O)Nc2ccccc2OC)o1. The minimum Gasteiger partial charge on any atom is -0.495 e. The number of aryl methyl sites for hydroxylation is 1. The van der Waals surface area contributed by atoms with Crippen LogP contribution in [0.4, 0.5) is 5.69 Å². The van der Waals surface area contributed by atoms with Crippen molar-refractivity contribution in [1.82, 2.24) is 14.8 Å². The van der Waals surface area contributed by atoms with Gasteiger partial charge in [-0.05, 0) is 30.7 Å². The third-order valence-electron chi connectivity index (χ3n) is 4.64.